The largest absolute Gasteiger partial charge is 0.463 e. The fraction of sp³-hybridized carbons (Fsp3) is 0.278. The average molecular weight is 485 g/mol. The first-order valence-corrected chi connectivity index (χ1v) is 10.6. The zero-order valence-corrected chi connectivity index (χ0v) is 16.9. The zero-order chi connectivity index (χ0) is 18.5. The van der Waals surface area contributed by atoms with Crippen LogP contribution in [-0.4, -0.2) is 31.1 Å². The van der Waals surface area contributed by atoms with Crippen LogP contribution in [0.1, 0.15) is 17.5 Å². The van der Waals surface area contributed by atoms with E-state index in [4.69, 9.17) is 9.47 Å². The molecule has 4 rings (SSSR count). The quantitative estimate of drug-likeness (QED) is 0.610. The second-order valence-electron chi connectivity index (χ2n) is 6.44. The minimum atomic E-state index is -4.09. The summed E-state index contributed by atoms with van der Waals surface area (Å²) in [6.07, 6.45) is 0.0409. The minimum Gasteiger partial charge on any atom is -0.463 e. The van der Waals surface area contributed by atoms with Crippen molar-refractivity contribution in [3.8, 4) is 5.75 Å². The maximum Gasteiger partial charge on any atom is 0.427 e. The van der Waals surface area contributed by atoms with Crippen molar-refractivity contribution < 1.29 is 22.7 Å². The van der Waals surface area contributed by atoms with Crippen molar-refractivity contribution in [2.75, 3.05) is 6.61 Å². The van der Waals surface area contributed by atoms with E-state index in [0.717, 1.165) is 19.0 Å². The lowest BCUT2D eigenvalue weighted by Gasteiger charge is -2.38. The molecule has 0 saturated carbocycles. The Morgan fingerprint density at radius 1 is 1.15 bits per heavy atom. The van der Waals surface area contributed by atoms with E-state index in [2.05, 4.69) is 22.6 Å². The second kappa shape index (κ2) is 6.12. The molecule has 1 spiro atoms. The van der Waals surface area contributed by atoms with Crippen molar-refractivity contribution in [2.45, 2.75) is 30.4 Å². The number of benzene rings is 2. The van der Waals surface area contributed by atoms with E-state index in [0.29, 0.717) is 18.6 Å². The topological polar surface area (TPSA) is 72.9 Å². The van der Waals surface area contributed by atoms with Crippen LogP contribution in [0, 0.1) is 10.5 Å². The number of rotatable bonds is 2. The summed E-state index contributed by atoms with van der Waals surface area (Å²) in [5.74, 6) is 0.582. The molecule has 0 N–H and O–H groups in total. The molecule has 2 aliphatic heterocycles. The highest BCUT2D eigenvalue weighted by Crippen LogP contribution is 2.41. The summed E-state index contributed by atoms with van der Waals surface area (Å²) in [6, 6.07) is 12.1. The number of carbonyl (C=O) groups excluding carboxylic acids is 1. The van der Waals surface area contributed by atoms with E-state index in [1.807, 2.05) is 19.1 Å². The van der Waals surface area contributed by atoms with Gasteiger partial charge < -0.3 is 9.47 Å². The van der Waals surface area contributed by atoms with Crippen molar-refractivity contribution in [3.05, 3.63) is 57.2 Å². The van der Waals surface area contributed by atoms with Crippen LogP contribution in [0.25, 0.3) is 0 Å². The van der Waals surface area contributed by atoms with E-state index in [1.54, 1.807) is 18.2 Å². The van der Waals surface area contributed by atoms with Gasteiger partial charge in [0.15, 0.2) is 6.61 Å². The third kappa shape index (κ3) is 2.75. The molecule has 0 aromatic heterocycles. The predicted octanol–water partition coefficient (Wildman–Crippen LogP) is 3.46. The van der Waals surface area contributed by atoms with Gasteiger partial charge in [0, 0.05) is 9.99 Å². The third-order valence-electron chi connectivity index (χ3n) is 4.62. The molecule has 2 aromatic rings. The van der Waals surface area contributed by atoms with E-state index in [9.17, 15) is 13.2 Å². The van der Waals surface area contributed by atoms with Crippen LogP contribution in [0.3, 0.4) is 0 Å². The number of cyclic esters (lactones) is 1. The van der Waals surface area contributed by atoms with Crippen LogP contribution in [0.15, 0.2) is 47.4 Å². The van der Waals surface area contributed by atoms with Gasteiger partial charge in [-0.3, -0.25) is 0 Å². The summed E-state index contributed by atoms with van der Waals surface area (Å²) in [6.45, 7) is 1.74. The van der Waals surface area contributed by atoms with E-state index >= 15 is 0 Å². The molecule has 6 nitrogen and oxygen atoms in total. The van der Waals surface area contributed by atoms with Crippen LogP contribution < -0.4 is 4.74 Å². The van der Waals surface area contributed by atoms with Crippen LogP contribution >= 0.6 is 22.6 Å². The Bertz CT molecular complexity index is 989. The maximum atomic E-state index is 13.1. The fourth-order valence-corrected chi connectivity index (χ4v) is 5.38. The maximum absolute atomic E-state index is 13.1. The standard InChI is InChI=1S/C18H16INO5S/c1-12-2-5-15(6-3-12)26(22,23)20-17(21)24-11-18(20)9-8-13-10-14(19)4-7-16(13)25-18/h2-7,10H,8-9,11H2,1H3. The molecule has 8 heteroatoms. The molecule has 26 heavy (non-hydrogen) atoms. The van der Waals surface area contributed by atoms with Gasteiger partial charge >= 0.3 is 6.09 Å². The molecule has 0 aliphatic carbocycles. The van der Waals surface area contributed by atoms with Gasteiger partial charge in [-0.05, 0) is 71.8 Å². The van der Waals surface area contributed by atoms with E-state index in [-0.39, 0.29) is 11.5 Å². The first-order chi connectivity index (χ1) is 12.3. The van der Waals surface area contributed by atoms with Gasteiger partial charge in [-0.15, -0.1) is 0 Å². The summed E-state index contributed by atoms with van der Waals surface area (Å²) in [5.41, 5.74) is 0.579. The number of aryl methyl sites for hydroxylation is 2. The summed E-state index contributed by atoms with van der Waals surface area (Å²) in [7, 11) is -4.09. The summed E-state index contributed by atoms with van der Waals surface area (Å²) in [5, 5.41) is 0. The van der Waals surface area contributed by atoms with Crippen LogP contribution in [0.4, 0.5) is 4.79 Å². The summed E-state index contributed by atoms with van der Waals surface area (Å²) >= 11 is 2.22. The molecule has 1 amide bonds. The van der Waals surface area contributed by atoms with E-state index < -0.39 is 21.8 Å². The van der Waals surface area contributed by atoms with Crippen LogP contribution in [-0.2, 0) is 21.2 Å². The van der Waals surface area contributed by atoms with Gasteiger partial charge in [0.25, 0.3) is 10.0 Å². The van der Waals surface area contributed by atoms with Gasteiger partial charge in [0.05, 0.1) is 4.90 Å². The number of amides is 1. The second-order valence-corrected chi connectivity index (χ2v) is 9.47. The highest BCUT2D eigenvalue weighted by molar-refractivity contribution is 14.1. The van der Waals surface area contributed by atoms with Gasteiger partial charge in [-0.25, -0.2) is 13.2 Å². The molecule has 1 atom stereocenters. The van der Waals surface area contributed by atoms with Crippen molar-refractivity contribution in [1.82, 2.24) is 4.31 Å². The Balaban J connectivity index is 1.76. The predicted molar refractivity (Wildman–Crippen MR) is 102 cm³/mol. The first kappa shape index (κ1) is 17.6. The highest BCUT2D eigenvalue weighted by atomic mass is 127. The first-order valence-electron chi connectivity index (χ1n) is 8.08. The molecule has 2 aromatic carbocycles. The minimum absolute atomic E-state index is 0.0401. The Labute approximate surface area is 165 Å². The Morgan fingerprint density at radius 3 is 2.62 bits per heavy atom. The van der Waals surface area contributed by atoms with Gasteiger partial charge in [-0.2, -0.15) is 4.31 Å². The van der Waals surface area contributed by atoms with Crippen LogP contribution in [0.5, 0.6) is 5.75 Å². The molecular weight excluding hydrogens is 469 g/mol. The lowest BCUT2D eigenvalue weighted by Crippen LogP contribution is -2.56. The molecule has 0 radical (unpaired) electrons. The zero-order valence-electron chi connectivity index (χ0n) is 13.9. The Kier molecular flexibility index (Phi) is 4.14. The lowest BCUT2D eigenvalue weighted by molar-refractivity contribution is -0.0193. The number of nitrogens with zero attached hydrogens (tertiary/aromatic N) is 1. The number of carbonyl (C=O) groups is 1. The van der Waals surface area contributed by atoms with Gasteiger partial charge in [0.1, 0.15) is 5.75 Å². The van der Waals surface area contributed by atoms with Crippen LogP contribution in [0.2, 0.25) is 0 Å². The van der Waals surface area contributed by atoms with Gasteiger partial charge in [0.2, 0.25) is 5.72 Å². The number of hydrogen-bond donors (Lipinski definition) is 0. The molecule has 2 aliphatic rings. The Morgan fingerprint density at radius 2 is 1.88 bits per heavy atom. The molecule has 1 fully saturated rings. The molecule has 136 valence electrons. The average Bonchev–Trinajstić information content (AvgIpc) is 2.92. The number of fused-ring (bicyclic) bond motifs is 1. The molecule has 1 unspecified atom stereocenters. The number of ether oxygens (including phenoxy) is 2. The van der Waals surface area contributed by atoms with Crippen molar-refractivity contribution >= 4 is 38.7 Å². The molecular formula is C18H16INO5S. The molecule has 2 heterocycles. The molecule has 1 saturated heterocycles. The highest BCUT2D eigenvalue weighted by Gasteiger charge is 2.57. The normalized spacial score (nSPS) is 22.1. The smallest absolute Gasteiger partial charge is 0.427 e. The molecule has 0 bridgehead atoms. The summed E-state index contributed by atoms with van der Waals surface area (Å²) < 4.78 is 39.3. The Hall–Kier alpha value is -1.81. The SMILES string of the molecule is Cc1ccc(S(=O)(=O)N2C(=O)OCC23CCc2cc(I)ccc2O3)cc1. The third-order valence-corrected chi connectivity index (χ3v) is 7.13. The van der Waals surface area contributed by atoms with Crippen molar-refractivity contribution in [1.29, 1.82) is 0 Å². The monoisotopic (exact) mass is 485 g/mol. The number of hydrogen-bond acceptors (Lipinski definition) is 5. The number of sulfonamides is 1. The fourth-order valence-electron chi connectivity index (χ4n) is 3.26. The number of halogens is 1. The van der Waals surface area contributed by atoms with Gasteiger partial charge in [-0.1, -0.05) is 17.7 Å². The van der Waals surface area contributed by atoms with E-state index in [1.165, 1.54) is 12.1 Å². The lowest BCUT2D eigenvalue weighted by atomic mass is 9.98. The summed E-state index contributed by atoms with van der Waals surface area (Å²) in [4.78, 5) is 12.4. The van der Waals surface area contributed by atoms with Crippen molar-refractivity contribution in [3.63, 3.8) is 0 Å². The van der Waals surface area contributed by atoms with Crippen molar-refractivity contribution in [2.24, 2.45) is 0 Å².